The Morgan fingerprint density at radius 2 is 2.19 bits per heavy atom. The number of anilines is 1. The van der Waals surface area contributed by atoms with Crippen LogP contribution in [0.15, 0.2) is 48.1 Å². The fourth-order valence-corrected chi connectivity index (χ4v) is 3.22. The molecular weight excluding hydrogens is 280 g/mol. The number of hydrogen-bond acceptors (Lipinski definition) is 4. The van der Waals surface area contributed by atoms with Gasteiger partial charge in [0.05, 0.1) is 6.04 Å². The van der Waals surface area contributed by atoms with Gasteiger partial charge in [-0.1, -0.05) is 25.1 Å². The lowest BCUT2D eigenvalue weighted by atomic mass is 10.1. The lowest BCUT2D eigenvalue weighted by molar-refractivity contribution is 0.764. The third-order valence-corrected chi connectivity index (χ3v) is 4.45. The Kier molecular flexibility index (Phi) is 4.01. The highest BCUT2D eigenvalue weighted by Crippen LogP contribution is 2.28. The van der Waals surface area contributed by atoms with Gasteiger partial charge in [-0.3, -0.25) is 0 Å². The fourth-order valence-electron chi connectivity index (χ4n) is 2.36. The van der Waals surface area contributed by atoms with Crippen LogP contribution in [-0.4, -0.2) is 14.8 Å². The van der Waals surface area contributed by atoms with Crippen molar-refractivity contribution in [3.63, 3.8) is 0 Å². The highest BCUT2D eigenvalue weighted by atomic mass is 32.1. The molecule has 0 bridgehead atoms. The van der Waals surface area contributed by atoms with E-state index in [1.54, 1.807) is 17.7 Å². The molecule has 0 spiro atoms. The average molecular weight is 298 g/mol. The second-order valence-electron chi connectivity index (χ2n) is 4.97. The minimum atomic E-state index is 0.347. The number of benzene rings is 1. The minimum Gasteiger partial charge on any atom is -0.377 e. The first-order valence-corrected chi connectivity index (χ1v) is 7.90. The highest BCUT2D eigenvalue weighted by molar-refractivity contribution is 7.10. The van der Waals surface area contributed by atoms with Gasteiger partial charge in [-0.2, -0.15) is 0 Å². The molecule has 0 amide bonds. The van der Waals surface area contributed by atoms with Gasteiger partial charge in [-0.25, -0.2) is 0 Å². The molecule has 0 fully saturated rings. The molecule has 0 saturated heterocycles. The van der Waals surface area contributed by atoms with E-state index in [1.807, 2.05) is 17.7 Å². The maximum atomic E-state index is 4.16. The van der Waals surface area contributed by atoms with E-state index in [0.717, 1.165) is 23.5 Å². The van der Waals surface area contributed by atoms with Gasteiger partial charge in [0, 0.05) is 23.2 Å². The van der Waals surface area contributed by atoms with Crippen molar-refractivity contribution in [3.8, 4) is 11.4 Å². The van der Waals surface area contributed by atoms with Crippen molar-refractivity contribution in [3.05, 3.63) is 53.0 Å². The molecule has 3 aromatic rings. The summed E-state index contributed by atoms with van der Waals surface area (Å²) < 4.78 is 1.93. The minimum absolute atomic E-state index is 0.347. The van der Waals surface area contributed by atoms with E-state index < -0.39 is 0 Å². The van der Waals surface area contributed by atoms with Gasteiger partial charge in [0.2, 0.25) is 0 Å². The Balaban J connectivity index is 1.85. The highest BCUT2D eigenvalue weighted by Gasteiger charge is 2.11. The first kappa shape index (κ1) is 13.8. The number of nitrogens with one attached hydrogen (secondary N) is 1. The van der Waals surface area contributed by atoms with Crippen LogP contribution in [0.5, 0.6) is 0 Å². The Morgan fingerprint density at radius 1 is 1.29 bits per heavy atom. The summed E-state index contributed by atoms with van der Waals surface area (Å²) >= 11 is 1.79. The van der Waals surface area contributed by atoms with E-state index in [-0.39, 0.29) is 0 Å². The molecule has 1 N–H and O–H groups in total. The number of nitrogens with zero attached hydrogens (tertiary/aromatic N) is 3. The van der Waals surface area contributed by atoms with E-state index in [9.17, 15) is 0 Å². The van der Waals surface area contributed by atoms with E-state index >= 15 is 0 Å². The van der Waals surface area contributed by atoms with Gasteiger partial charge in [0.25, 0.3) is 0 Å². The van der Waals surface area contributed by atoms with Crippen LogP contribution in [0, 0.1) is 0 Å². The van der Waals surface area contributed by atoms with Gasteiger partial charge in [0.1, 0.15) is 6.33 Å². The zero-order valence-electron chi connectivity index (χ0n) is 12.2. The Morgan fingerprint density at radius 3 is 2.86 bits per heavy atom. The Hall–Kier alpha value is -2.14. The molecule has 5 heteroatoms. The maximum absolute atomic E-state index is 4.16. The quantitative estimate of drug-likeness (QED) is 0.771. The zero-order chi connectivity index (χ0) is 14.7. The summed E-state index contributed by atoms with van der Waals surface area (Å²) in [5.41, 5.74) is 2.18. The van der Waals surface area contributed by atoms with Crippen LogP contribution in [0.3, 0.4) is 0 Å². The van der Waals surface area contributed by atoms with Crippen LogP contribution >= 0.6 is 11.3 Å². The van der Waals surface area contributed by atoms with Crippen LogP contribution in [0.25, 0.3) is 11.4 Å². The molecule has 2 heterocycles. The summed E-state index contributed by atoms with van der Waals surface area (Å²) in [4.78, 5) is 1.36. The van der Waals surface area contributed by atoms with Crippen molar-refractivity contribution in [2.75, 3.05) is 5.32 Å². The van der Waals surface area contributed by atoms with E-state index in [4.69, 9.17) is 0 Å². The predicted octanol–water partition coefficient (Wildman–Crippen LogP) is 4.11. The monoisotopic (exact) mass is 298 g/mol. The molecule has 3 rings (SSSR count). The standard InChI is InChI=1S/C16H18N4S/c1-3-14(15-8-5-9-21-15)18-13-7-4-6-12(10-13)16-19-17-11-20(16)2/h4-11,14,18H,3H2,1-2H3. The number of rotatable bonds is 5. The lowest BCUT2D eigenvalue weighted by Crippen LogP contribution is -2.08. The topological polar surface area (TPSA) is 42.7 Å². The number of aromatic nitrogens is 3. The average Bonchev–Trinajstić information content (AvgIpc) is 3.16. The first-order valence-electron chi connectivity index (χ1n) is 7.02. The van der Waals surface area contributed by atoms with Crippen molar-refractivity contribution in [2.45, 2.75) is 19.4 Å². The summed E-state index contributed by atoms with van der Waals surface area (Å²) in [6.07, 6.45) is 2.77. The Labute approximate surface area is 128 Å². The van der Waals surface area contributed by atoms with Gasteiger partial charge < -0.3 is 9.88 Å². The zero-order valence-corrected chi connectivity index (χ0v) is 13.0. The molecule has 21 heavy (non-hydrogen) atoms. The summed E-state index contributed by atoms with van der Waals surface area (Å²) in [6, 6.07) is 12.9. The predicted molar refractivity (Wildman–Crippen MR) is 87.4 cm³/mol. The third kappa shape index (κ3) is 2.97. The number of aryl methyl sites for hydroxylation is 1. The summed E-state index contributed by atoms with van der Waals surface area (Å²) in [5.74, 6) is 0.878. The smallest absolute Gasteiger partial charge is 0.163 e. The molecule has 1 unspecified atom stereocenters. The van der Waals surface area contributed by atoms with E-state index in [2.05, 4.69) is 58.1 Å². The second kappa shape index (κ2) is 6.10. The van der Waals surface area contributed by atoms with Crippen LogP contribution < -0.4 is 5.32 Å². The van der Waals surface area contributed by atoms with Gasteiger partial charge in [-0.05, 0) is 30.0 Å². The van der Waals surface area contributed by atoms with Crippen molar-refractivity contribution in [1.29, 1.82) is 0 Å². The molecule has 1 aromatic carbocycles. The van der Waals surface area contributed by atoms with Gasteiger partial charge in [-0.15, -0.1) is 21.5 Å². The summed E-state index contributed by atoms with van der Waals surface area (Å²) in [7, 11) is 1.95. The van der Waals surface area contributed by atoms with Gasteiger partial charge in [0.15, 0.2) is 5.82 Å². The largest absolute Gasteiger partial charge is 0.377 e. The fraction of sp³-hybridized carbons (Fsp3) is 0.250. The van der Waals surface area contributed by atoms with Crippen LogP contribution in [0.2, 0.25) is 0 Å². The van der Waals surface area contributed by atoms with Crippen molar-refractivity contribution in [2.24, 2.45) is 7.05 Å². The molecule has 108 valence electrons. The lowest BCUT2D eigenvalue weighted by Gasteiger charge is -2.17. The van der Waals surface area contributed by atoms with Crippen molar-refractivity contribution in [1.82, 2.24) is 14.8 Å². The molecule has 0 aliphatic heterocycles. The van der Waals surface area contributed by atoms with Crippen molar-refractivity contribution < 1.29 is 0 Å². The third-order valence-electron chi connectivity index (χ3n) is 3.47. The molecule has 0 saturated carbocycles. The summed E-state index contributed by atoms with van der Waals surface area (Å²) in [5, 5.41) is 13.8. The molecule has 4 nitrogen and oxygen atoms in total. The molecular formula is C16H18N4S. The van der Waals surface area contributed by atoms with Gasteiger partial charge >= 0.3 is 0 Å². The van der Waals surface area contributed by atoms with Crippen LogP contribution in [0.1, 0.15) is 24.3 Å². The second-order valence-corrected chi connectivity index (χ2v) is 5.95. The van der Waals surface area contributed by atoms with Crippen LogP contribution in [-0.2, 0) is 7.05 Å². The Bertz CT molecular complexity index is 703. The maximum Gasteiger partial charge on any atom is 0.163 e. The van der Waals surface area contributed by atoms with Crippen molar-refractivity contribution >= 4 is 17.0 Å². The molecule has 2 aromatic heterocycles. The molecule has 1 atom stereocenters. The molecule has 0 aliphatic carbocycles. The summed E-state index contributed by atoms with van der Waals surface area (Å²) in [6.45, 7) is 2.20. The number of hydrogen-bond donors (Lipinski definition) is 1. The van der Waals surface area contributed by atoms with Crippen LogP contribution in [0.4, 0.5) is 5.69 Å². The van der Waals surface area contributed by atoms with E-state index in [1.165, 1.54) is 4.88 Å². The number of thiophene rings is 1. The SMILES string of the molecule is CCC(Nc1cccc(-c2nncn2C)c1)c1cccs1. The molecule has 0 aliphatic rings. The molecule has 0 radical (unpaired) electrons. The van der Waals surface area contributed by atoms with E-state index in [0.29, 0.717) is 6.04 Å². The normalized spacial score (nSPS) is 12.3. The first-order chi connectivity index (χ1) is 10.3.